The predicted molar refractivity (Wildman–Crippen MR) is 135 cm³/mol. The number of benzene rings is 4. The Hall–Kier alpha value is -2.52. The van der Waals surface area contributed by atoms with Crippen molar-refractivity contribution < 1.29 is 0 Å². The van der Waals surface area contributed by atoms with Crippen molar-refractivity contribution in [1.82, 2.24) is 0 Å². The molecule has 0 aliphatic rings. The number of rotatable bonds is 6. The summed E-state index contributed by atoms with van der Waals surface area (Å²) in [6.45, 7) is 2.46. The molecule has 0 aliphatic heterocycles. The Morgan fingerprint density at radius 3 is 1.24 bits per heavy atom. The van der Waals surface area contributed by atoms with E-state index in [-0.39, 0.29) is 0 Å². The van der Waals surface area contributed by atoms with Gasteiger partial charge in [-0.2, -0.15) is 0 Å². The van der Waals surface area contributed by atoms with Gasteiger partial charge in [0.15, 0.2) is 0 Å². The first-order chi connectivity index (χ1) is 14.3. The monoisotopic (exact) mass is 412 g/mol. The minimum absolute atomic E-state index is 0.542. The molecular formula is C27H26P2. The first-order valence-electron chi connectivity index (χ1n) is 9.97. The normalized spacial score (nSPS) is 12.3. The summed E-state index contributed by atoms with van der Waals surface area (Å²) in [5, 5.41) is 5.67. The summed E-state index contributed by atoms with van der Waals surface area (Å²) in [6.07, 6.45) is 0. The molecule has 0 amide bonds. The summed E-state index contributed by atoms with van der Waals surface area (Å²) in [5.74, 6) is 5.04. The zero-order valence-electron chi connectivity index (χ0n) is 16.6. The van der Waals surface area contributed by atoms with Gasteiger partial charge >= 0.3 is 176 Å². The van der Waals surface area contributed by atoms with Crippen molar-refractivity contribution in [2.24, 2.45) is 0 Å². The van der Waals surface area contributed by atoms with Crippen LogP contribution in [0, 0.1) is 0 Å². The quantitative estimate of drug-likeness (QED) is 0.361. The molecule has 4 aromatic carbocycles. The molecule has 0 bridgehead atoms. The van der Waals surface area contributed by atoms with Crippen LogP contribution in [0.5, 0.6) is 0 Å². The molecule has 0 spiro atoms. The molecule has 0 aromatic heterocycles. The van der Waals surface area contributed by atoms with Crippen molar-refractivity contribution in [3.63, 3.8) is 0 Å². The summed E-state index contributed by atoms with van der Waals surface area (Å²) in [4.78, 5) is 0. The van der Waals surface area contributed by atoms with Gasteiger partial charge in [0.05, 0.1) is 0 Å². The second-order valence-corrected chi connectivity index (χ2v) is 13.3. The molecule has 0 aliphatic carbocycles. The van der Waals surface area contributed by atoms with Gasteiger partial charge in [-0.1, -0.05) is 0 Å². The van der Waals surface area contributed by atoms with E-state index in [1.165, 1.54) is 21.2 Å². The fourth-order valence-corrected chi connectivity index (χ4v) is 9.56. The predicted octanol–water partition coefficient (Wildman–Crippen LogP) is 5.62. The molecule has 29 heavy (non-hydrogen) atoms. The van der Waals surface area contributed by atoms with Crippen molar-refractivity contribution in [3.05, 3.63) is 133 Å². The number of hydrogen-bond acceptors (Lipinski definition) is 0. The first-order valence-corrected chi connectivity index (χ1v) is 14.0. The molecule has 0 radical (unpaired) electrons. The van der Waals surface area contributed by atoms with Gasteiger partial charge in [0.25, 0.3) is 0 Å². The van der Waals surface area contributed by atoms with E-state index in [1.54, 1.807) is 0 Å². The van der Waals surface area contributed by atoms with Crippen molar-refractivity contribution in [1.29, 1.82) is 0 Å². The van der Waals surface area contributed by atoms with Crippen molar-refractivity contribution in [3.8, 4) is 0 Å². The van der Waals surface area contributed by atoms with Crippen LogP contribution < -0.4 is 21.2 Å². The third kappa shape index (κ3) is 4.56. The van der Waals surface area contributed by atoms with Gasteiger partial charge in [-0.3, -0.25) is 0 Å². The molecule has 144 valence electrons. The fourth-order valence-electron chi connectivity index (χ4n) is 3.65. The maximum absolute atomic E-state index is 2.55. The van der Waals surface area contributed by atoms with Crippen LogP contribution in [0.4, 0.5) is 0 Å². The van der Waals surface area contributed by atoms with E-state index in [0.717, 1.165) is 0 Å². The van der Waals surface area contributed by atoms with Gasteiger partial charge in [-0.05, 0) is 0 Å². The van der Waals surface area contributed by atoms with E-state index in [2.05, 4.69) is 140 Å². The molecule has 0 saturated carbocycles. The van der Waals surface area contributed by atoms with Crippen LogP contribution in [0.1, 0.15) is 0 Å². The Kier molecular flexibility index (Phi) is 6.36. The average molecular weight is 412 g/mol. The Labute approximate surface area is 176 Å². The van der Waals surface area contributed by atoms with Crippen LogP contribution in [0.3, 0.4) is 0 Å². The van der Waals surface area contributed by atoms with Crippen LogP contribution >= 0.6 is 15.2 Å². The molecule has 4 aromatic rings. The Balaban J connectivity index is 1.81. The second-order valence-electron chi connectivity index (χ2n) is 7.29. The van der Waals surface area contributed by atoms with Gasteiger partial charge in [0.1, 0.15) is 0 Å². The van der Waals surface area contributed by atoms with Crippen molar-refractivity contribution >= 4 is 36.4 Å². The van der Waals surface area contributed by atoms with Crippen molar-refractivity contribution in [2.75, 3.05) is 6.66 Å². The molecule has 0 fully saturated rings. The van der Waals surface area contributed by atoms with E-state index in [9.17, 15) is 0 Å². The van der Waals surface area contributed by atoms with Crippen LogP contribution in [-0.2, 0) is 0 Å². The molecule has 0 saturated heterocycles. The van der Waals surface area contributed by atoms with E-state index < -0.39 is 15.2 Å². The third-order valence-corrected chi connectivity index (χ3v) is 11.7. The zero-order valence-corrected chi connectivity index (χ0v) is 18.5. The summed E-state index contributed by atoms with van der Waals surface area (Å²) in [7, 11) is -2.54. The molecule has 0 nitrogen and oxygen atoms in total. The molecule has 4 rings (SSSR count). The molecule has 0 N–H and O–H groups in total. The molecule has 2 heteroatoms. The Bertz CT molecular complexity index is 964. The molecule has 0 heterocycles. The Morgan fingerprint density at radius 1 is 0.517 bits per heavy atom. The van der Waals surface area contributed by atoms with Gasteiger partial charge in [0.2, 0.25) is 0 Å². The van der Waals surface area contributed by atoms with E-state index in [4.69, 9.17) is 0 Å². The average Bonchev–Trinajstić information content (AvgIpc) is 2.81. The van der Waals surface area contributed by atoms with Gasteiger partial charge in [0, 0.05) is 0 Å². The van der Waals surface area contributed by atoms with E-state index in [0.29, 0.717) is 0 Å². The molecular weight excluding hydrogens is 386 g/mol. The van der Waals surface area contributed by atoms with Gasteiger partial charge in [-0.25, -0.2) is 0 Å². The SMILES string of the molecule is C[PH](/C=C\P(c1ccccc1)c1ccccc1)(c1ccccc1)c1ccccc1. The van der Waals surface area contributed by atoms with Crippen LogP contribution in [0.2, 0.25) is 0 Å². The second kappa shape index (κ2) is 9.32. The molecule has 0 unspecified atom stereocenters. The topological polar surface area (TPSA) is 0 Å². The Morgan fingerprint density at radius 2 is 0.862 bits per heavy atom. The summed E-state index contributed by atoms with van der Waals surface area (Å²) in [6, 6.07) is 43.8. The van der Waals surface area contributed by atoms with Crippen LogP contribution in [0.25, 0.3) is 0 Å². The minimum atomic E-state index is -1.99. The number of hydrogen-bond donors (Lipinski definition) is 0. The van der Waals surface area contributed by atoms with E-state index >= 15 is 0 Å². The fraction of sp³-hybridized carbons (Fsp3) is 0.0370. The first kappa shape index (κ1) is 19.8. The van der Waals surface area contributed by atoms with Gasteiger partial charge in [-0.15, -0.1) is 0 Å². The van der Waals surface area contributed by atoms with Crippen LogP contribution in [-0.4, -0.2) is 6.66 Å². The van der Waals surface area contributed by atoms with Crippen LogP contribution in [0.15, 0.2) is 133 Å². The standard InChI is InChI=1S/C27H26P2/c1-29(26-18-10-4-11-19-26,27-20-12-5-13-21-27)23-22-28(24-14-6-2-7-15-24)25-16-8-3-9-17-25/h2-23,29H,1H3/b23-22-. The van der Waals surface area contributed by atoms with Crippen molar-refractivity contribution in [2.45, 2.75) is 0 Å². The summed E-state index contributed by atoms with van der Waals surface area (Å²) >= 11 is 0. The maximum atomic E-state index is 2.55. The summed E-state index contributed by atoms with van der Waals surface area (Å²) < 4.78 is 0. The zero-order chi connectivity index (χ0) is 19.9. The summed E-state index contributed by atoms with van der Waals surface area (Å²) in [5.41, 5.74) is 0. The van der Waals surface area contributed by atoms with E-state index in [1.807, 2.05) is 0 Å². The third-order valence-electron chi connectivity index (χ3n) is 5.37. The van der Waals surface area contributed by atoms with Gasteiger partial charge < -0.3 is 0 Å². The molecule has 0 atom stereocenters.